The maximum Gasteiger partial charge on any atom is 0.134 e. The van der Waals surface area contributed by atoms with Crippen molar-refractivity contribution in [1.29, 1.82) is 0 Å². The molecular weight excluding hydrogens is 146 g/mol. The first kappa shape index (κ1) is 6.22. The van der Waals surface area contributed by atoms with Gasteiger partial charge in [0.05, 0.1) is 5.88 Å². The predicted octanol–water partition coefficient (Wildman–Crippen LogP) is 0.833. The van der Waals surface area contributed by atoms with Crippen LogP contribution in [0.4, 0.5) is 0 Å². The molecule has 1 aromatic rings. The SMILES string of the molecule is Cc1nnc2n1CSCC2. The lowest BCUT2D eigenvalue weighted by Gasteiger charge is -2.12. The van der Waals surface area contributed by atoms with Crippen LogP contribution in [0.15, 0.2) is 0 Å². The molecule has 0 atom stereocenters. The third kappa shape index (κ3) is 0.831. The predicted molar refractivity (Wildman–Crippen MR) is 40.9 cm³/mol. The number of aryl methyl sites for hydroxylation is 2. The quantitative estimate of drug-likeness (QED) is 0.556. The van der Waals surface area contributed by atoms with Gasteiger partial charge in [0.25, 0.3) is 0 Å². The molecule has 2 heterocycles. The summed E-state index contributed by atoms with van der Waals surface area (Å²) in [5, 5.41) is 8.05. The Kier molecular flexibility index (Phi) is 1.41. The third-order valence-corrected chi connectivity index (χ3v) is 2.64. The molecule has 2 rings (SSSR count). The molecule has 0 bridgehead atoms. The smallest absolute Gasteiger partial charge is 0.134 e. The molecule has 0 N–H and O–H groups in total. The van der Waals surface area contributed by atoms with Crippen LogP contribution in [0.5, 0.6) is 0 Å². The normalized spacial score (nSPS) is 16.9. The number of hydrogen-bond donors (Lipinski definition) is 0. The van der Waals surface area contributed by atoms with Gasteiger partial charge in [0.15, 0.2) is 0 Å². The van der Waals surface area contributed by atoms with E-state index in [9.17, 15) is 0 Å². The van der Waals surface area contributed by atoms with Crippen LogP contribution >= 0.6 is 11.8 Å². The number of nitrogens with zero attached hydrogens (tertiary/aromatic N) is 3. The lowest BCUT2D eigenvalue weighted by Crippen LogP contribution is -2.10. The molecule has 0 aliphatic carbocycles. The molecule has 54 valence electrons. The minimum Gasteiger partial charge on any atom is -0.305 e. The van der Waals surface area contributed by atoms with Crippen molar-refractivity contribution in [3.63, 3.8) is 0 Å². The standard InChI is InChI=1S/C6H9N3S/c1-5-7-8-6-2-3-10-4-9(5)6/h2-4H2,1H3. The average molecular weight is 155 g/mol. The minimum atomic E-state index is 1.04. The molecule has 4 heteroatoms. The van der Waals surface area contributed by atoms with E-state index in [1.54, 1.807) is 0 Å². The van der Waals surface area contributed by atoms with Crippen molar-refractivity contribution in [3.8, 4) is 0 Å². The van der Waals surface area contributed by atoms with Gasteiger partial charge in [0, 0.05) is 12.2 Å². The zero-order valence-corrected chi connectivity index (χ0v) is 6.69. The topological polar surface area (TPSA) is 30.7 Å². The van der Waals surface area contributed by atoms with E-state index < -0.39 is 0 Å². The molecule has 0 saturated carbocycles. The van der Waals surface area contributed by atoms with Crippen LogP contribution in [0.2, 0.25) is 0 Å². The number of rotatable bonds is 0. The summed E-state index contributed by atoms with van der Waals surface area (Å²) in [6.07, 6.45) is 1.07. The van der Waals surface area contributed by atoms with Gasteiger partial charge < -0.3 is 4.57 Å². The van der Waals surface area contributed by atoms with Gasteiger partial charge in [-0.15, -0.1) is 22.0 Å². The van der Waals surface area contributed by atoms with E-state index in [1.165, 1.54) is 5.75 Å². The Morgan fingerprint density at radius 3 is 3.20 bits per heavy atom. The zero-order valence-electron chi connectivity index (χ0n) is 5.87. The third-order valence-electron chi connectivity index (χ3n) is 1.70. The Morgan fingerprint density at radius 1 is 1.50 bits per heavy atom. The molecule has 0 unspecified atom stereocenters. The molecule has 0 saturated heterocycles. The Bertz CT molecular complexity index is 243. The van der Waals surface area contributed by atoms with E-state index in [1.807, 2.05) is 18.7 Å². The number of thioether (sulfide) groups is 1. The molecule has 0 spiro atoms. The van der Waals surface area contributed by atoms with Crippen LogP contribution in [-0.2, 0) is 12.3 Å². The van der Waals surface area contributed by atoms with Crippen LogP contribution in [-0.4, -0.2) is 20.5 Å². The first-order valence-electron chi connectivity index (χ1n) is 3.34. The zero-order chi connectivity index (χ0) is 6.97. The maximum atomic E-state index is 4.06. The summed E-state index contributed by atoms with van der Waals surface area (Å²) < 4.78 is 2.17. The van der Waals surface area contributed by atoms with Crippen molar-refractivity contribution >= 4 is 11.8 Å². The van der Waals surface area contributed by atoms with Crippen LogP contribution in [0, 0.1) is 6.92 Å². The van der Waals surface area contributed by atoms with Crippen molar-refractivity contribution in [2.24, 2.45) is 0 Å². The van der Waals surface area contributed by atoms with Crippen LogP contribution in [0.3, 0.4) is 0 Å². The summed E-state index contributed by atoms with van der Waals surface area (Å²) in [6.45, 7) is 2.00. The Balaban J connectivity index is 2.45. The van der Waals surface area contributed by atoms with E-state index in [0.717, 1.165) is 23.9 Å². The van der Waals surface area contributed by atoms with Crippen LogP contribution in [0.25, 0.3) is 0 Å². The highest BCUT2D eigenvalue weighted by molar-refractivity contribution is 7.98. The second-order valence-electron chi connectivity index (χ2n) is 2.38. The number of aromatic nitrogens is 3. The Hall–Kier alpha value is -0.510. The largest absolute Gasteiger partial charge is 0.305 e. The molecule has 10 heavy (non-hydrogen) atoms. The van der Waals surface area contributed by atoms with E-state index in [-0.39, 0.29) is 0 Å². The molecule has 0 amide bonds. The van der Waals surface area contributed by atoms with Gasteiger partial charge in [-0.25, -0.2) is 0 Å². The van der Waals surface area contributed by atoms with Crippen LogP contribution < -0.4 is 0 Å². The van der Waals surface area contributed by atoms with Gasteiger partial charge >= 0.3 is 0 Å². The summed E-state index contributed by atoms with van der Waals surface area (Å²) >= 11 is 1.94. The lowest BCUT2D eigenvalue weighted by atomic mass is 10.4. The molecule has 1 aromatic heterocycles. The molecular formula is C6H9N3S. The monoisotopic (exact) mass is 155 g/mol. The first-order valence-corrected chi connectivity index (χ1v) is 4.50. The van der Waals surface area contributed by atoms with E-state index >= 15 is 0 Å². The molecule has 0 fully saturated rings. The second-order valence-corrected chi connectivity index (χ2v) is 3.45. The lowest BCUT2D eigenvalue weighted by molar-refractivity contribution is 0.753. The number of hydrogen-bond acceptors (Lipinski definition) is 3. The number of fused-ring (bicyclic) bond motifs is 1. The average Bonchev–Trinajstić information content (AvgIpc) is 2.34. The highest BCUT2D eigenvalue weighted by atomic mass is 32.2. The van der Waals surface area contributed by atoms with Crippen molar-refractivity contribution in [1.82, 2.24) is 14.8 Å². The first-order chi connectivity index (χ1) is 4.88. The summed E-state index contributed by atoms with van der Waals surface area (Å²) in [5.74, 6) is 4.42. The Labute approximate surface area is 63.8 Å². The molecule has 1 aliphatic rings. The van der Waals surface area contributed by atoms with Gasteiger partial charge in [0.1, 0.15) is 11.6 Å². The van der Waals surface area contributed by atoms with Gasteiger partial charge in [-0.1, -0.05) is 0 Å². The molecule has 3 nitrogen and oxygen atoms in total. The van der Waals surface area contributed by atoms with Gasteiger partial charge in [-0.05, 0) is 6.92 Å². The van der Waals surface area contributed by atoms with E-state index in [0.29, 0.717) is 0 Å². The summed E-state index contributed by atoms with van der Waals surface area (Å²) in [7, 11) is 0. The minimum absolute atomic E-state index is 1.04. The Morgan fingerprint density at radius 2 is 2.40 bits per heavy atom. The molecule has 0 aromatic carbocycles. The van der Waals surface area contributed by atoms with Crippen molar-refractivity contribution in [2.75, 3.05) is 5.75 Å². The fraction of sp³-hybridized carbons (Fsp3) is 0.667. The second kappa shape index (κ2) is 2.27. The van der Waals surface area contributed by atoms with Crippen molar-refractivity contribution in [2.45, 2.75) is 19.2 Å². The maximum absolute atomic E-state index is 4.06. The highest BCUT2D eigenvalue weighted by Crippen LogP contribution is 2.17. The van der Waals surface area contributed by atoms with Crippen molar-refractivity contribution < 1.29 is 0 Å². The van der Waals surface area contributed by atoms with E-state index in [4.69, 9.17) is 0 Å². The summed E-state index contributed by atoms with van der Waals surface area (Å²) in [4.78, 5) is 0. The van der Waals surface area contributed by atoms with Gasteiger partial charge in [-0.2, -0.15) is 0 Å². The molecule has 1 aliphatic heterocycles. The summed E-state index contributed by atoms with van der Waals surface area (Å²) in [6, 6.07) is 0. The molecule has 0 radical (unpaired) electrons. The van der Waals surface area contributed by atoms with Gasteiger partial charge in [-0.3, -0.25) is 0 Å². The summed E-state index contributed by atoms with van der Waals surface area (Å²) in [5.41, 5.74) is 0. The fourth-order valence-electron chi connectivity index (χ4n) is 1.10. The highest BCUT2D eigenvalue weighted by Gasteiger charge is 2.12. The van der Waals surface area contributed by atoms with Crippen molar-refractivity contribution in [3.05, 3.63) is 11.6 Å². The van der Waals surface area contributed by atoms with E-state index in [2.05, 4.69) is 14.8 Å². The van der Waals surface area contributed by atoms with Crippen LogP contribution in [0.1, 0.15) is 11.6 Å². The fourth-order valence-corrected chi connectivity index (χ4v) is 2.07. The van der Waals surface area contributed by atoms with Gasteiger partial charge in [0.2, 0.25) is 0 Å².